The second-order valence-corrected chi connectivity index (χ2v) is 20.1. The van der Waals surface area contributed by atoms with Crippen LogP contribution in [-0.4, -0.2) is 10.9 Å². The van der Waals surface area contributed by atoms with Gasteiger partial charge in [-0.25, -0.2) is 4.21 Å². The molecule has 0 bridgehead atoms. The highest BCUT2D eigenvalue weighted by molar-refractivity contribution is 7.85. The molecule has 0 spiro atoms. The van der Waals surface area contributed by atoms with E-state index in [9.17, 15) is 4.21 Å². The Morgan fingerprint density at radius 2 is 0.583 bits per heavy atom. The van der Waals surface area contributed by atoms with Gasteiger partial charge in [-0.3, -0.25) is 0 Å². The average Bonchev–Trinajstić information content (AvgIpc) is 3.46. The summed E-state index contributed by atoms with van der Waals surface area (Å²) in [5.74, 6) is 0. The van der Waals surface area contributed by atoms with Gasteiger partial charge in [-0.2, -0.15) is 0 Å². The predicted octanol–water partition coefficient (Wildman–Crippen LogP) is 15.4. The van der Waals surface area contributed by atoms with E-state index in [2.05, 4.69) is 257 Å². The van der Waals surface area contributed by atoms with Crippen LogP contribution in [0, 0.1) is 0 Å². The van der Waals surface area contributed by atoms with Crippen LogP contribution in [0.5, 0.6) is 0 Å². The Morgan fingerprint density at radius 3 is 0.986 bits per heavy atom. The van der Waals surface area contributed by atoms with E-state index in [1.54, 1.807) is 0 Å². The van der Waals surface area contributed by atoms with Crippen LogP contribution in [0.4, 0.5) is 51.2 Å². The summed E-state index contributed by atoms with van der Waals surface area (Å²) in [6, 6.07) is 96.0. The standard InChI is InChI=1S/C66H44BN3OS/c71-72-64-27-15-13-25-60(64)70(61-26-14-16-28-65(61)72)55-43-62-66-63(44-55)69(54-37-31-50(32-38-54)46-19-7-2-8-20-46)59-40-34-52(48-23-11-4-12-24-48)42-57(59)67(66)56-41-51(47-21-9-3-10-22-47)33-39-58(56)68(62)53-35-29-49(30-36-53)45-17-5-1-6-18-45/h1-44H. The third kappa shape index (κ3) is 6.86. The van der Waals surface area contributed by atoms with Gasteiger partial charge in [-0.15, -0.1) is 0 Å². The Morgan fingerprint density at radius 1 is 0.264 bits per heavy atom. The van der Waals surface area contributed by atoms with Gasteiger partial charge in [0.15, 0.2) is 0 Å². The minimum absolute atomic E-state index is 0.144. The maximum atomic E-state index is 14.4. The zero-order valence-corrected chi connectivity index (χ0v) is 40.0. The fourth-order valence-electron chi connectivity index (χ4n) is 11.3. The van der Waals surface area contributed by atoms with Crippen molar-refractivity contribution in [2.45, 2.75) is 9.79 Å². The summed E-state index contributed by atoms with van der Waals surface area (Å²) >= 11 is 0. The number of anilines is 9. The van der Waals surface area contributed by atoms with Crippen LogP contribution in [0.2, 0.25) is 0 Å². The molecule has 0 N–H and O–H groups in total. The zero-order chi connectivity index (χ0) is 47.7. The van der Waals surface area contributed by atoms with Crippen LogP contribution in [0.3, 0.4) is 0 Å². The van der Waals surface area contributed by atoms with E-state index in [1.807, 2.05) is 24.3 Å². The summed E-state index contributed by atoms with van der Waals surface area (Å²) in [5, 5.41) is 0. The molecule has 0 aliphatic carbocycles. The largest absolute Gasteiger partial charge is 0.311 e. The van der Waals surface area contributed by atoms with Crippen LogP contribution in [0.1, 0.15) is 0 Å². The number of nitrogens with zero attached hydrogens (tertiary/aromatic N) is 3. The Balaban J connectivity index is 1.08. The monoisotopic (exact) mass is 937 g/mol. The van der Waals surface area contributed by atoms with Gasteiger partial charge in [0.2, 0.25) is 0 Å². The summed E-state index contributed by atoms with van der Waals surface area (Å²) in [5.41, 5.74) is 22.4. The number of hydrogen-bond donors (Lipinski definition) is 0. The molecule has 4 nitrogen and oxygen atoms in total. The molecule has 6 heteroatoms. The summed E-state index contributed by atoms with van der Waals surface area (Å²) in [4.78, 5) is 8.88. The van der Waals surface area contributed by atoms with Crippen LogP contribution in [0.15, 0.2) is 277 Å². The molecule has 3 aliphatic rings. The maximum absolute atomic E-state index is 14.4. The van der Waals surface area contributed by atoms with Crippen molar-refractivity contribution in [1.82, 2.24) is 0 Å². The van der Waals surface area contributed by atoms with E-state index in [0.29, 0.717) is 0 Å². The first kappa shape index (κ1) is 42.0. The average molecular weight is 938 g/mol. The highest BCUT2D eigenvalue weighted by Crippen LogP contribution is 2.52. The van der Waals surface area contributed by atoms with Gasteiger partial charge < -0.3 is 14.7 Å². The molecule has 0 saturated heterocycles. The lowest BCUT2D eigenvalue weighted by molar-refractivity contribution is 0.682. The first-order valence-corrected chi connectivity index (χ1v) is 25.7. The lowest BCUT2D eigenvalue weighted by Gasteiger charge is -2.45. The van der Waals surface area contributed by atoms with Crippen molar-refractivity contribution in [1.29, 1.82) is 0 Å². The van der Waals surface area contributed by atoms with Crippen molar-refractivity contribution in [2.24, 2.45) is 0 Å². The Labute approximate surface area is 422 Å². The summed E-state index contributed by atoms with van der Waals surface area (Å²) in [7, 11) is -1.36. The number of para-hydroxylation sites is 2. The molecule has 3 heterocycles. The van der Waals surface area contributed by atoms with Gasteiger partial charge in [-0.1, -0.05) is 194 Å². The number of hydrogen-bond acceptors (Lipinski definition) is 4. The molecule has 0 aromatic heterocycles. The van der Waals surface area contributed by atoms with Gasteiger partial charge in [0.25, 0.3) is 6.71 Å². The number of fused-ring (bicyclic) bond motifs is 6. The fraction of sp³-hybridized carbons (Fsp3) is 0. The molecule has 11 aromatic carbocycles. The molecule has 3 aliphatic heterocycles. The number of rotatable bonds is 7. The molecule has 14 rings (SSSR count). The van der Waals surface area contributed by atoms with Gasteiger partial charge in [0.05, 0.1) is 37.7 Å². The molecule has 0 saturated carbocycles. The van der Waals surface area contributed by atoms with Crippen molar-refractivity contribution in [2.75, 3.05) is 14.7 Å². The molecule has 0 unspecified atom stereocenters. The minimum atomic E-state index is -1.36. The van der Waals surface area contributed by atoms with Gasteiger partial charge in [-0.05, 0) is 134 Å². The SMILES string of the molecule is O=S1c2ccccc2N(c2cc3c4c(c2)N(c2ccc(-c5ccccc5)cc2)c2ccc(-c5ccccc5)cc2B4c2cc(-c4ccccc4)ccc2N3c2ccc(-c3ccccc3)cc2)c2ccccc21. The van der Waals surface area contributed by atoms with Crippen LogP contribution in [0.25, 0.3) is 44.5 Å². The molecule has 11 aromatic rings. The zero-order valence-electron chi connectivity index (χ0n) is 39.1. The van der Waals surface area contributed by atoms with Crippen LogP contribution < -0.4 is 31.1 Å². The van der Waals surface area contributed by atoms with Crippen molar-refractivity contribution in [3.8, 4) is 44.5 Å². The molecule has 72 heavy (non-hydrogen) atoms. The molecule has 0 radical (unpaired) electrons. The lowest BCUT2D eigenvalue weighted by atomic mass is 9.33. The highest BCUT2D eigenvalue weighted by Gasteiger charge is 2.45. The Hall–Kier alpha value is -8.97. The lowest BCUT2D eigenvalue weighted by Crippen LogP contribution is -2.61. The fourth-order valence-corrected chi connectivity index (χ4v) is 12.6. The molecular weight excluding hydrogens is 894 g/mol. The van der Waals surface area contributed by atoms with Crippen molar-refractivity contribution >= 4 is 85.1 Å². The number of benzene rings is 11. The second-order valence-electron chi connectivity index (χ2n) is 18.6. The quantitative estimate of drug-likeness (QED) is 0.149. The van der Waals surface area contributed by atoms with E-state index in [0.717, 1.165) is 72.1 Å². The second kappa shape index (κ2) is 17.2. The Bertz CT molecular complexity index is 3640. The summed E-state index contributed by atoms with van der Waals surface area (Å²) in [6.45, 7) is -0.144. The summed E-state index contributed by atoms with van der Waals surface area (Å²) in [6.07, 6.45) is 0. The predicted molar refractivity (Wildman–Crippen MR) is 302 cm³/mol. The van der Waals surface area contributed by atoms with Crippen molar-refractivity contribution < 1.29 is 4.21 Å². The maximum Gasteiger partial charge on any atom is 0.252 e. The molecule has 0 atom stereocenters. The van der Waals surface area contributed by atoms with E-state index in [-0.39, 0.29) is 6.71 Å². The van der Waals surface area contributed by atoms with E-state index >= 15 is 0 Å². The molecule has 338 valence electrons. The molecule has 0 amide bonds. The summed E-state index contributed by atoms with van der Waals surface area (Å²) < 4.78 is 14.4. The van der Waals surface area contributed by atoms with Crippen LogP contribution in [-0.2, 0) is 10.8 Å². The van der Waals surface area contributed by atoms with E-state index in [4.69, 9.17) is 0 Å². The smallest absolute Gasteiger partial charge is 0.252 e. The van der Waals surface area contributed by atoms with Gasteiger partial charge >= 0.3 is 0 Å². The van der Waals surface area contributed by atoms with E-state index < -0.39 is 10.8 Å². The third-order valence-corrected chi connectivity index (χ3v) is 16.1. The highest BCUT2D eigenvalue weighted by atomic mass is 32.2. The van der Waals surface area contributed by atoms with Crippen molar-refractivity contribution in [3.05, 3.63) is 267 Å². The Kier molecular flexibility index (Phi) is 10.0. The first-order valence-electron chi connectivity index (χ1n) is 24.5. The molecule has 0 fully saturated rings. The minimum Gasteiger partial charge on any atom is -0.311 e. The normalized spacial score (nSPS) is 13.2. The topological polar surface area (TPSA) is 26.8 Å². The van der Waals surface area contributed by atoms with E-state index in [1.165, 1.54) is 49.8 Å². The first-order chi connectivity index (χ1) is 35.6. The van der Waals surface area contributed by atoms with Gasteiger partial charge in [0.1, 0.15) is 0 Å². The van der Waals surface area contributed by atoms with Crippen LogP contribution >= 0.6 is 0 Å². The van der Waals surface area contributed by atoms with Gasteiger partial charge in [0, 0.05) is 34.1 Å². The third-order valence-electron chi connectivity index (χ3n) is 14.6. The van der Waals surface area contributed by atoms with Crippen molar-refractivity contribution in [3.63, 3.8) is 0 Å². The molecular formula is C66H44BN3OS.